The van der Waals surface area contributed by atoms with E-state index in [1.165, 1.54) is 6.42 Å². The molecule has 0 aromatic carbocycles. The highest BCUT2D eigenvalue weighted by atomic mass is 16.5. The average Bonchev–Trinajstić information content (AvgIpc) is 2.30. The van der Waals surface area contributed by atoms with Crippen LogP contribution in [-0.2, 0) is 9.47 Å². The van der Waals surface area contributed by atoms with Crippen LogP contribution in [0.1, 0.15) is 53.9 Å². The van der Waals surface area contributed by atoms with Gasteiger partial charge in [-0.2, -0.15) is 0 Å². The monoisotopic (exact) mass is 257 g/mol. The average molecular weight is 257 g/mol. The van der Waals surface area contributed by atoms with Crippen LogP contribution in [-0.4, -0.2) is 38.0 Å². The fraction of sp³-hybridized carbons (Fsp3) is 1.00. The molecule has 0 amide bonds. The highest BCUT2D eigenvalue weighted by Gasteiger charge is 2.48. The molecule has 0 aromatic rings. The summed E-state index contributed by atoms with van der Waals surface area (Å²) >= 11 is 0. The Hall–Kier alpha value is -0.120. The van der Waals surface area contributed by atoms with E-state index in [2.05, 4.69) is 39.9 Å². The molecule has 1 fully saturated rings. The minimum Gasteiger partial charge on any atom is -0.379 e. The van der Waals surface area contributed by atoms with Gasteiger partial charge in [-0.05, 0) is 46.6 Å². The van der Waals surface area contributed by atoms with Crippen molar-refractivity contribution < 1.29 is 9.47 Å². The van der Waals surface area contributed by atoms with Crippen molar-refractivity contribution in [1.29, 1.82) is 0 Å². The number of nitrogens with one attached hydrogen (secondary N) is 1. The van der Waals surface area contributed by atoms with E-state index in [1.54, 1.807) is 0 Å². The Morgan fingerprint density at radius 3 is 2.56 bits per heavy atom. The van der Waals surface area contributed by atoms with Gasteiger partial charge >= 0.3 is 0 Å². The Kier molecular flexibility index (Phi) is 6.61. The molecule has 2 atom stereocenters. The molecule has 0 aliphatic heterocycles. The van der Waals surface area contributed by atoms with Gasteiger partial charge in [0.25, 0.3) is 0 Å². The van der Waals surface area contributed by atoms with Crippen LogP contribution in [0.25, 0.3) is 0 Å². The lowest BCUT2D eigenvalue weighted by atomic mass is 9.64. The van der Waals surface area contributed by atoms with E-state index >= 15 is 0 Å². The van der Waals surface area contributed by atoms with Gasteiger partial charge < -0.3 is 14.8 Å². The van der Waals surface area contributed by atoms with E-state index in [4.69, 9.17) is 9.47 Å². The van der Waals surface area contributed by atoms with Gasteiger partial charge in [0, 0.05) is 24.7 Å². The second-order valence-corrected chi connectivity index (χ2v) is 6.13. The first-order valence-electron chi connectivity index (χ1n) is 7.45. The molecule has 0 aromatic heterocycles. The summed E-state index contributed by atoms with van der Waals surface area (Å²) in [4.78, 5) is 0. The lowest BCUT2D eigenvalue weighted by Gasteiger charge is -2.52. The van der Waals surface area contributed by atoms with Crippen molar-refractivity contribution in [3.63, 3.8) is 0 Å². The Labute approximate surface area is 113 Å². The Morgan fingerprint density at radius 2 is 2.00 bits per heavy atom. The maximum absolute atomic E-state index is 5.73. The van der Waals surface area contributed by atoms with Gasteiger partial charge in [0.1, 0.15) is 0 Å². The van der Waals surface area contributed by atoms with Gasteiger partial charge in [-0.3, -0.25) is 0 Å². The largest absolute Gasteiger partial charge is 0.379 e. The Balaban J connectivity index is 2.04. The van der Waals surface area contributed by atoms with E-state index in [0.717, 1.165) is 32.6 Å². The van der Waals surface area contributed by atoms with Crippen molar-refractivity contribution >= 4 is 0 Å². The van der Waals surface area contributed by atoms with Crippen LogP contribution in [0.2, 0.25) is 0 Å². The zero-order valence-corrected chi connectivity index (χ0v) is 12.8. The molecule has 3 heteroatoms. The summed E-state index contributed by atoms with van der Waals surface area (Å²) in [5.41, 5.74) is 0.282. The molecule has 1 N–H and O–H groups in total. The van der Waals surface area contributed by atoms with Crippen molar-refractivity contribution in [2.45, 2.75) is 72.1 Å². The van der Waals surface area contributed by atoms with E-state index in [0.29, 0.717) is 18.2 Å². The first-order chi connectivity index (χ1) is 8.48. The molecule has 1 aliphatic rings. The molecule has 0 radical (unpaired) electrons. The van der Waals surface area contributed by atoms with Crippen LogP contribution in [0.5, 0.6) is 0 Å². The van der Waals surface area contributed by atoms with E-state index in [9.17, 15) is 0 Å². The normalized spacial score (nSPS) is 26.3. The quantitative estimate of drug-likeness (QED) is 0.644. The molecule has 108 valence electrons. The van der Waals surface area contributed by atoms with Crippen molar-refractivity contribution in [3.8, 4) is 0 Å². The Bertz CT molecular complexity index is 229. The second-order valence-electron chi connectivity index (χ2n) is 6.13. The first kappa shape index (κ1) is 15.9. The van der Waals surface area contributed by atoms with Crippen LogP contribution in [0, 0.1) is 5.41 Å². The van der Waals surface area contributed by atoms with Crippen molar-refractivity contribution in [2.75, 3.05) is 19.8 Å². The molecular weight excluding hydrogens is 226 g/mol. The van der Waals surface area contributed by atoms with Crippen LogP contribution >= 0.6 is 0 Å². The zero-order chi connectivity index (χ0) is 13.6. The third kappa shape index (κ3) is 4.52. The summed E-state index contributed by atoms with van der Waals surface area (Å²) in [6, 6.07) is 0.611. The van der Waals surface area contributed by atoms with Crippen molar-refractivity contribution in [2.24, 2.45) is 5.41 Å². The predicted octanol–water partition coefficient (Wildman–Crippen LogP) is 2.98. The van der Waals surface area contributed by atoms with Crippen LogP contribution in [0.4, 0.5) is 0 Å². The number of hydrogen-bond donors (Lipinski definition) is 1. The molecule has 1 rings (SSSR count). The summed E-state index contributed by atoms with van der Waals surface area (Å²) in [6.45, 7) is 13.7. The summed E-state index contributed by atoms with van der Waals surface area (Å²) in [6.07, 6.45) is 4.29. The standard InChI is InChI=1S/C15H31NO2/c1-6-17-14-11-13(15(14,4)5)16-9-7-8-10-18-12(2)3/h12-14,16H,6-11H2,1-5H3. The van der Waals surface area contributed by atoms with Gasteiger partial charge in [-0.25, -0.2) is 0 Å². The SMILES string of the molecule is CCOC1CC(NCCCCOC(C)C)C1(C)C. The van der Waals surface area contributed by atoms with Crippen LogP contribution in [0.3, 0.4) is 0 Å². The van der Waals surface area contributed by atoms with Crippen molar-refractivity contribution in [1.82, 2.24) is 5.32 Å². The Morgan fingerprint density at radius 1 is 1.28 bits per heavy atom. The molecule has 1 saturated carbocycles. The minimum absolute atomic E-state index is 0.282. The molecule has 0 heterocycles. The fourth-order valence-electron chi connectivity index (χ4n) is 2.54. The highest BCUT2D eigenvalue weighted by molar-refractivity contribution is 5.02. The topological polar surface area (TPSA) is 30.5 Å². The van der Waals surface area contributed by atoms with Crippen LogP contribution in [0.15, 0.2) is 0 Å². The molecule has 3 nitrogen and oxygen atoms in total. The van der Waals surface area contributed by atoms with E-state index in [-0.39, 0.29) is 5.41 Å². The fourth-order valence-corrected chi connectivity index (χ4v) is 2.54. The summed E-state index contributed by atoms with van der Waals surface area (Å²) in [5.74, 6) is 0. The van der Waals surface area contributed by atoms with Crippen molar-refractivity contribution in [3.05, 3.63) is 0 Å². The molecular formula is C15H31NO2. The van der Waals surface area contributed by atoms with Gasteiger partial charge in [-0.1, -0.05) is 13.8 Å². The van der Waals surface area contributed by atoms with E-state index < -0.39 is 0 Å². The summed E-state index contributed by atoms with van der Waals surface area (Å²) in [7, 11) is 0. The zero-order valence-electron chi connectivity index (χ0n) is 12.8. The minimum atomic E-state index is 0.282. The third-order valence-corrected chi connectivity index (χ3v) is 3.96. The lowest BCUT2D eigenvalue weighted by molar-refractivity contribution is -0.114. The summed E-state index contributed by atoms with van der Waals surface area (Å²) < 4.78 is 11.3. The van der Waals surface area contributed by atoms with Gasteiger partial charge in [0.2, 0.25) is 0 Å². The third-order valence-electron chi connectivity index (χ3n) is 3.96. The van der Waals surface area contributed by atoms with E-state index in [1.807, 2.05) is 0 Å². The van der Waals surface area contributed by atoms with Gasteiger partial charge in [0.15, 0.2) is 0 Å². The molecule has 18 heavy (non-hydrogen) atoms. The molecule has 2 unspecified atom stereocenters. The second kappa shape index (κ2) is 7.46. The van der Waals surface area contributed by atoms with Crippen LogP contribution < -0.4 is 5.32 Å². The number of unbranched alkanes of at least 4 members (excludes halogenated alkanes) is 1. The lowest BCUT2D eigenvalue weighted by Crippen LogP contribution is -2.61. The predicted molar refractivity (Wildman–Crippen MR) is 75.9 cm³/mol. The summed E-state index contributed by atoms with van der Waals surface area (Å²) in [5, 5.41) is 3.65. The number of rotatable bonds is 9. The molecule has 0 bridgehead atoms. The maximum Gasteiger partial charge on any atom is 0.0655 e. The smallest absolute Gasteiger partial charge is 0.0655 e. The van der Waals surface area contributed by atoms with Gasteiger partial charge in [0.05, 0.1) is 12.2 Å². The molecule has 0 spiro atoms. The first-order valence-corrected chi connectivity index (χ1v) is 7.45. The van der Waals surface area contributed by atoms with Gasteiger partial charge in [-0.15, -0.1) is 0 Å². The molecule has 0 saturated heterocycles. The highest BCUT2D eigenvalue weighted by Crippen LogP contribution is 2.42. The number of ether oxygens (including phenoxy) is 2. The maximum atomic E-state index is 5.73. The molecule has 1 aliphatic carbocycles. The number of hydrogen-bond acceptors (Lipinski definition) is 3.